The molecule has 1 aliphatic carbocycles. The van der Waals surface area contributed by atoms with E-state index in [1.54, 1.807) is 14.1 Å². The van der Waals surface area contributed by atoms with E-state index in [9.17, 15) is 9.90 Å². The Labute approximate surface area is 93.8 Å². The van der Waals surface area contributed by atoms with Crippen LogP contribution in [0.4, 0.5) is 4.79 Å². The molecule has 1 N–H and O–H groups in total. The van der Waals surface area contributed by atoms with E-state index >= 15 is 0 Å². The molecule has 0 aliphatic heterocycles. The van der Waals surface area contributed by atoms with Crippen molar-refractivity contribution >= 4 is 11.9 Å². The average Bonchev–Trinajstić information content (AvgIpc) is 2.57. The second-order valence-electron chi connectivity index (χ2n) is 3.83. The largest absolute Gasteiger partial charge is 0.414 e. The van der Waals surface area contributed by atoms with Crippen molar-refractivity contribution in [3.8, 4) is 0 Å². The van der Waals surface area contributed by atoms with Gasteiger partial charge in [-0.25, -0.2) is 4.79 Å². The summed E-state index contributed by atoms with van der Waals surface area (Å²) in [4.78, 5) is 12.7. The number of hydrogen-bond donors (Lipinski definition) is 1. The fourth-order valence-corrected chi connectivity index (χ4v) is 1.58. The average molecular weight is 219 g/mol. The zero-order valence-electron chi connectivity index (χ0n) is 9.18. The molecule has 0 aromatic heterocycles. The summed E-state index contributed by atoms with van der Waals surface area (Å²) in [6.07, 6.45) is 0.391. The van der Waals surface area contributed by atoms with Crippen LogP contribution in [0.1, 0.15) is 17.2 Å². The van der Waals surface area contributed by atoms with Crippen LogP contribution in [0, 0.1) is 0 Å². The molecule has 1 atom stereocenters. The van der Waals surface area contributed by atoms with Gasteiger partial charge in [0.15, 0.2) is 0 Å². The molecular formula is C12H13NO3. The Morgan fingerprint density at radius 2 is 2.06 bits per heavy atom. The minimum absolute atomic E-state index is 0.418. The van der Waals surface area contributed by atoms with Crippen LogP contribution in [0.15, 0.2) is 30.3 Å². The molecule has 84 valence electrons. The summed E-state index contributed by atoms with van der Waals surface area (Å²) >= 11 is 0. The molecule has 16 heavy (non-hydrogen) atoms. The van der Waals surface area contributed by atoms with Crippen LogP contribution >= 0.6 is 0 Å². The molecule has 0 saturated carbocycles. The molecule has 2 rings (SSSR count). The van der Waals surface area contributed by atoms with Crippen LogP contribution in [0.2, 0.25) is 0 Å². The number of carbonyl (C=O) groups is 1. The minimum atomic E-state index is -0.693. The molecule has 1 unspecified atom stereocenters. The van der Waals surface area contributed by atoms with Gasteiger partial charge in [-0.2, -0.15) is 0 Å². The number of rotatable bonds is 1. The number of aliphatic hydroxyl groups excluding tert-OH is 1. The molecule has 4 nitrogen and oxygen atoms in total. The van der Waals surface area contributed by atoms with E-state index in [4.69, 9.17) is 4.74 Å². The lowest BCUT2D eigenvalue weighted by molar-refractivity contribution is 0.162. The van der Waals surface area contributed by atoms with E-state index in [1.807, 2.05) is 24.3 Å². The highest BCUT2D eigenvalue weighted by atomic mass is 16.6. The first-order valence-electron chi connectivity index (χ1n) is 4.98. The van der Waals surface area contributed by atoms with Gasteiger partial charge in [0, 0.05) is 19.7 Å². The number of nitrogens with zero attached hydrogens (tertiary/aromatic N) is 1. The Kier molecular flexibility index (Phi) is 2.66. The Bertz CT molecular complexity index is 451. The normalized spacial score (nSPS) is 17.7. The van der Waals surface area contributed by atoms with E-state index in [-0.39, 0.29) is 0 Å². The van der Waals surface area contributed by atoms with Crippen molar-refractivity contribution in [2.24, 2.45) is 0 Å². The van der Waals surface area contributed by atoms with Crippen molar-refractivity contribution in [3.63, 3.8) is 0 Å². The topological polar surface area (TPSA) is 49.8 Å². The van der Waals surface area contributed by atoms with Crippen molar-refractivity contribution in [3.05, 3.63) is 41.5 Å². The molecule has 0 saturated heterocycles. The van der Waals surface area contributed by atoms with Crippen LogP contribution in [-0.2, 0) is 4.74 Å². The van der Waals surface area contributed by atoms with Gasteiger partial charge in [-0.05, 0) is 11.6 Å². The van der Waals surface area contributed by atoms with Gasteiger partial charge < -0.3 is 14.7 Å². The standard InChI is InChI=1S/C12H13NO3/c1-13(2)12(15)16-11-7-10(14)8-5-3-4-6-9(8)11/h3-7,10,14H,1-2H3. The molecule has 1 aromatic rings. The lowest BCUT2D eigenvalue weighted by atomic mass is 10.1. The summed E-state index contributed by atoms with van der Waals surface area (Å²) < 4.78 is 5.16. The number of carbonyl (C=O) groups excluding carboxylic acids is 1. The fourth-order valence-electron chi connectivity index (χ4n) is 1.58. The van der Waals surface area contributed by atoms with E-state index in [0.29, 0.717) is 5.76 Å². The first-order valence-corrected chi connectivity index (χ1v) is 4.98. The summed E-state index contributed by atoms with van der Waals surface area (Å²) in [7, 11) is 3.22. The van der Waals surface area contributed by atoms with Gasteiger partial charge in [0.2, 0.25) is 0 Å². The molecule has 1 amide bonds. The maximum atomic E-state index is 11.4. The highest BCUT2D eigenvalue weighted by Gasteiger charge is 2.24. The first kappa shape index (κ1) is 10.7. The third-order valence-electron chi connectivity index (χ3n) is 2.42. The SMILES string of the molecule is CN(C)C(=O)OC1=CC(O)c2ccccc21. The highest BCUT2D eigenvalue weighted by Crippen LogP contribution is 2.34. The molecule has 0 spiro atoms. The lowest BCUT2D eigenvalue weighted by Crippen LogP contribution is -2.21. The van der Waals surface area contributed by atoms with Gasteiger partial charge in [0.25, 0.3) is 0 Å². The number of fused-ring (bicyclic) bond motifs is 1. The van der Waals surface area contributed by atoms with Crippen molar-refractivity contribution in [1.29, 1.82) is 0 Å². The summed E-state index contributed by atoms with van der Waals surface area (Å²) in [6, 6.07) is 7.31. The van der Waals surface area contributed by atoms with Crippen LogP contribution in [-0.4, -0.2) is 30.2 Å². The molecular weight excluding hydrogens is 206 g/mol. The van der Waals surface area contributed by atoms with E-state index < -0.39 is 12.2 Å². The molecule has 1 aliphatic rings. The Hall–Kier alpha value is -1.81. The second kappa shape index (κ2) is 3.98. The van der Waals surface area contributed by atoms with Crippen LogP contribution in [0.25, 0.3) is 5.76 Å². The van der Waals surface area contributed by atoms with Crippen molar-refractivity contribution in [2.75, 3.05) is 14.1 Å². The van der Waals surface area contributed by atoms with Gasteiger partial charge in [-0.3, -0.25) is 0 Å². The molecule has 1 aromatic carbocycles. The third kappa shape index (κ3) is 1.79. The summed E-state index contributed by atoms with van der Waals surface area (Å²) in [6.45, 7) is 0. The number of hydrogen-bond acceptors (Lipinski definition) is 3. The van der Waals surface area contributed by atoms with Crippen LogP contribution < -0.4 is 0 Å². The second-order valence-corrected chi connectivity index (χ2v) is 3.83. The maximum absolute atomic E-state index is 11.4. The van der Waals surface area contributed by atoms with Gasteiger partial charge in [-0.15, -0.1) is 0 Å². The van der Waals surface area contributed by atoms with E-state index in [1.165, 1.54) is 11.0 Å². The summed E-state index contributed by atoms with van der Waals surface area (Å²) in [5.41, 5.74) is 1.54. The lowest BCUT2D eigenvalue weighted by Gasteiger charge is -2.11. The van der Waals surface area contributed by atoms with Crippen molar-refractivity contribution in [2.45, 2.75) is 6.10 Å². The Balaban J connectivity index is 2.25. The monoisotopic (exact) mass is 219 g/mol. The van der Waals surface area contributed by atoms with Crippen molar-refractivity contribution < 1.29 is 14.6 Å². The number of aliphatic hydroxyl groups is 1. The molecule has 0 fully saturated rings. The quantitative estimate of drug-likeness (QED) is 0.783. The highest BCUT2D eigenvalue weighted by molar-refractivity contribution is 5.79. The summed E-state index contributed by atoms with van der Waals surface area (Å²) in [5, 5.41) is 9.72. The smallest absolute Gasteiger partial charge is 0.410 e. The molecule has 0 heterocycles. The fraction of sp³-hybridized carbons (Fsp3) is 0.250. The Morgan fingerprint density at radius 1 is 1.38 bits per heavy atom. The van der Waals surface area contributed by atoms with Gasteiger partial charge in [-0.1, -0.05) is 24.3 Å². The van der Waals surface area contributed by atoms with Gasteiger partial charge in [0.05, 0.1) is 0 Å². The zero-order valence-corrected chi connectivity index (χ0v) is 9.18. The van der Waals surface area contributed by atoms with Gasteiger partial charge in [0.1, 0.15) is 11.9 Å². The van der Waals surface area contributed by atoms with E-state index in [2.05, 4.69) is 0 Å². The van der Waals surface area contributed by atoms with Crippen LogP contribution in [0.5, 0.6) is 0 Å². The summed E-state index contributed by atoms with van der Waals surface area (Å²) in [5.74, 6) is 0.418. The number of ether oxygens (including phenoxy) is 1. The predicted octanol–water partition coefficient (Wildman–Crippen LogP) is 1.77. The minimum Gasteiger partial charge on any atom is -0.410 e. The van der Waals surface area contributed by atoms with Gasteiger partial charge >= 0.3 is 6.09 Å². The number of amides is 1. The zero-order chi connectivity index (χ0) is 11.7. The Morgan fingerprint density at radius 3 is 2.75 bits per heavy atom. The molecule has 0 radical (unpaired) electrons. The maximum Gasteiger partial charge on any atom is 0.414 e. The number of benzene rings is 1. The predicted molar refractivity (Wildman–Crippen MR) is 59.5 cm³/mol. The molecule has 4 heteroatoms. The molecule has 0 bridgehead atoms. The first-order chi connectivity index (χ1) is 7.59. The van der Waals surface area contributed by atoms with E-state index in [0.717, 1.165) is 11.1 Å². The van der Waals surface area contributed by atoms with Crippen molar-refractivity contribution in [1.82, 2.24) is 4.90 Å². The third-order valence-corrected chi connectivity index (χ3v) is 2.42. The van der Waals surface area contributed by atoms with Crippen LogP contribution in [0.3, 0.4) is 0 Å².